The molecular weight excluding hydrogens is 148 g/mol. The summed E-state index contributed by atoms with van der Waals surface area (Å²) in [6, 6.07) is 0. The van der Waals surface area contributed by atoms with Crippen LogP contribution in [0.4, 0.5) is 0 Å². The maximum absolute atomic E-state index is 10.6. The number of Topliss-reactive ketones (excluding diaryl/α,β-unsaturated/α-hetero) is 1. The summed E-state index contributed by atoms with van der Waals surface area (Å²) in [5, 5.41) is 8.22. The van der Waals surface area contributed by atoms with Crippen LogP contribution in [0.25, 0.3) is 0 Å². The second-order valence-electron chi connectivity index (χ2n) is 2.35. The summed E-state index contributed by atoms with van der Waals surface area (Å²) in [4.78, 5) is 30.5. The quantitative estimate of drug-likeness (QED) is 0.460. The molecule has 4 nitrogen and oxygen atoms in total. The molecule has 0 aromatic carbocycles. The second kappa shape index (κ2) is 4.60. The molecule has 0 rings (SSSR count). The van der Waals surface area contributed by atoms with Gasteiger partial charge in [-0.25, -0.2) is 0 Å². The Labute approximate surface area is 64.2 Å². The molecule has 62 valence electrons. The zero-order chi connectivity index (χ0) is 8.85. The van der Waals surface area contributed by atoms with Crippen molar-refractivity contribution in [3.8, 4) is 0 Å². The fourth-order valence-electron chi connectivity index (χ4n) is 0.598. The standard InChI is InChI=1S/C7H10O4/c1-5(6(9)4-8)2-3-7(10)11/h4-5H,2-3H2,1H3,(H,10,11). The van der Waals surface area contributed by atoms with Crippen LogP contribution >= 0.6 is 0 Å². The van der Waals surface area contributed by atoms with Gasteiger partial charge in [0.2, 0.25) is 0 Å². The minimum absolute atomic E-state index is 0.0687. The third-order valence-electron chi connectivity index (χ3n) is 1.39. The van der Waals surface area contributed by atoms with E-state index < -0.39 is 17.7 Å². The van der Waals surface area contributed by atoms with Crippen molar-refractivity contribution >= 4 is 18.0 Å². The van der Waals surface area contributed by atoms with Gasteiger partial charge in [-0.2, -0.15) is 0 Å². The van der Waals surface area contributed by atoms with Gasteiger partial charge >= 0.3 is 5.97 Å². The normalized spacial score (nSPS) is 12.1. The van der Waals surface area contributed by atoms with Gasteiger partial charge in [0, 0.05) is 12.3 Å². The number of carboxylic acids is 1. The van der Waals surface area contributed by atoms with Gasteiger partial charge in [-0.1, -0.05) is 6.92 Å². The molecular formula is C7H10O4. The molecule has 0 amide bonds. The van der Waals surface area contributed by atoms with Crippen molar-refractivity contribution in [2.45, 2.75) is 19.8 Å². The predicted octanol–water partition coefficient (Wildman–Crippen LogP) is 0.255. The molecule has 0 fully saturated rings. The number of aliphatic carboxylic acids is 1. The Morgan fingerprint density at radius 2 is 2.09 bits per heavy atom. The average molecular weight is 158 g/mol. The van der Waals surface area contributed by atoms with Crippen LogP contribution in [0.5, 0.6) is 0 Å². The molecule has 0 heterocycles. The molecule has 0 aliphatic heterocycles. The fourth-order valence-corrected chi connectivity index (χ4v) is 0.598. The van der Waals surface area contributed by atoms with Crippen LogP contribution in [0.1, 0.15) is 19.8 Å². The lowest BCUT2D eigenvalue weighted by Gasteiger charge is -2.01. The maximum atomic E-state index is 10.6. The Morgan fingerprint density at radius 1 is 1.55 bits per heavy atom. The van der Waals surface area contributed by atoms with Gasteiger partial charge in [0.1, 0.15) is 0 Å². The topological polar surface area (TPSA) is 71.4 Å². The lowest BCUT2D eigenvalue weighted by atomic mass is 10.0. The molecule has 1 unspecified atom stereocenters. The van der Waals surface area contributed by atoms with E-state index in [0.717, 1.165) is 0 Å². The number of rotatable bonds is 5. The summed E-state index contributed by atoms with van der Waals surface area (Å²) in [5.74, 6) is -1.95. The first kappa shape index (κ1) is 9.81. The van der Waals surface area contributed by atoms with Crippen molar-refractivity contribution in [2.75, 3.05) is 0 Å². The van der Waals surface area contributed by atoms with E-state index >= 15 is 0 Å². The fraction of sp³-hybridized carbons (Fsp3) is 0.571. The molecule has 0 spiro atoms. The molecule has 4 heteroatoms. The lowest BCUT2D eigenvalue weighted by Crippen LogP contribution is -2.13. The molecule has 0 radical (unpaired) electrons. The summed E-state index contributed by atoms with van der Waals surface area (Å²) in [6.07, 6.45) is 0.389. The third-order valence-corrected chi connectivity index (χ3v) is 1.39. The lowest BCUT2D eigenvalue weighted by molar-refractivity contribution is -0.138. The van der Waals surface area contributed by atoms with Gasteiger partial charge in [0.05, 0.1) is 0 Å². The number of carbonyl (C=O) groups is 3. The van der Waals surface area contributed by atoms with Crippen LogP contribution in [-0.2, 0) is 14.4 Å². The molecule has 11 heavy (non-hydrogen) atoms. The number of carbonyl (C=O) groups excluding carboxylic acids is 2. The molecule has 1 N–H and O–H groups in total. The van der Waals surface area contributed by atoms with E-state index in [1.807, 2.05) is 0 Å². The SMILES string of the molecule is CC(CCC(=O)O)C(=O)C=O. The summed E-state index contributed by atoms with van der Waals surface area (Å²) in [6.45, 7) is 1.54. The number of hydrogen-bond donors (Lipinski definition) is 1. The zero-order valence-corrected chi connectivity index (χ0v) is 6.24. The van der Waals surface area contributed by atoms with Gasteiger partial charge in [0.25, 0.3) is 0 Å². The Bertz CT molecular complexity index is 173. The first-order chi connectivity index (χ1) is 5.07. The van der Waals surface area contributed by atoms with E-state index in [0.29, 0.717) is 0 Å². The minimum Gasteiger partial charge on any atom is -0.481 e. The van der Waals surface area contributed by atoms with Crippen molar-refractivity contribution in [2.24, 2.45) is 5.92 Å². The highest BCUT2D eigenvalue weighted by molar-refractivity contribution is 6.25. The third kappa shape index (κ3) is 4.25. The van der Waals surface area contributed by atoms with E-state index in [-0.39, 0.29) is 19.1 Å². The van der Waals surface area contributed by atoms with Gasteiger partial charge in [0.15, 0.2) is 12.1 Å². The number of carboxylic acid groups (broad SMARTS) is 1. The molecule has 0 aliphatic rings. The number of ketones is 1. The highest BCUT2D eigenvalue weighted by atomic mass is 16.4. The van der Waals surface area contributed by atoms with Gasteiger partial charge in [-0.3, -0.25) is 14.4 Å². The summed E-state index contributed by atoms with van der Waals surface area (Å²) in [5.41, 5.74) is 0. The van der Waals surface area contributed by atoms with Crippen LogP contribution in [0.2, 0.25) is 0 Å². The predicted molar refractivity (Wildman–Crippen MR) is 37.1 cm³/mol. The highest BCUT2D eigenvalue weighted by Gasteiger charge is 2.12. The molecule has 0 saturated heterocycles. The monoisotopic (exact) mass is 158 g/mol. The van der Waals surface area contributed by atoms with Gasteiger partial charge < -0.3 is 5.11 Å². The highest BCUT2D eigenvalue weighted by Crippen LogP contribution is 2.04. The molecule has 0 bridgehead atoms. The Kier molecular flexibility index (Phi) is 4.10. The van der Waals surface area contributed by atoms with Crippen molar-refractivity contribution in [1.82, 2.24) is 0 Å². The van der Waals surface area contributed by atoms with Crippen LogP contribution in [-0.4, -0.2) is 23.1 Å². The Balaban J connectivity index is 3.68. The average Bonchev–Trinajstić information content (AvgIpc) is 1.98. The van der Waals surface area contributed by atoms with Crippen LogP contribution in [0.3, 0.4) is 0 Å². The maximum Gasteiger partial charge on any atom is 0.303 e. The smallest absolute Gasteiger partial charge is 0.303 e. The summed E-state index contributed by atoms with van der Waals surface area (Å²) < 4.78 is 0. The van der Waals surface area contributed by atoms with E-state index in [1.165, 1.54) is 0 Å². The van der Waals surface area contributed by atoms with E-state index in [4.69, 9.17) is 5.11 Å². The summed E-state index contributed by atoms with van der Waals surface area (Å²) in [7, 11) is 0. The van der Waals surface area contributed by atoms with Gasteiger partial charge in [-0.05, 0) is 6.42 Å². The number of hydrogen-bond acceptors (Lipinski definition) is 3. The first-order valence-corrected chi connectivity index (χ1v) is 3.28. The Morgan fingerprint density at radius 3 is 2.45 bits per heavy atom. The van der Waals surface area contributed by atoms with E-state index in [1.54, 1.807) is 6.92 Å². The summed E-state index contributed by atoms with van der Waals surface area (Å²) >= 11 is 0. The largest absolute Gasteiger partial charge is 0.481 e. The molecule has 0 aromatic rings. The van der Waals surface area contributed by atoms with Gasteiger partial charge in [-0.15, -0.1) is 0 Å². The van der Waals surface area contributed by atoms with Crippen molar-refractivity contribution in [3.63, 3.8) is 0 Å². The first-order valence-electron chi connectivity index (χ1n) is 3.28. The second-order valence-corrected chi connectivity index (χ2v) is 2.35. The van der Waals surface area contributed by atoms with Crippen molar-refractivity contribution in [3.05, 3.63) is 0 Å². The molecule has 0 aromatic heterocycles. The van der Waals surface area contributed by atoms with Crippen molar-refractivity contribution in [1.29, 1.82) is 0 Å². The van der Waals surface area contributed by atoms with Crippen LogP contribution in [0.15, 0.2) is 0 Å². The zero-order valence-electron chi connectivity index (χ0n) is 6.24. The molecule has 0 aliphatic carbocycles. The van der Waals surface area contributed by atoms with Crippen molar-refractivity contribution < 1.29 is 19.5 Å². The van der Waals surface area contributed by atoms with E-state index in [9.17, 15) is 14.4 Å². The van der Waals surface area contributed by atoms with Crippen LogP contribution in [0, 0.1) is 5.92 Å². The Hall–Kier alpha value is -1.19. The van der Waals surface area contributed by atoms with Crippen LogP contribution < -0.4 is 0 Å². The molecule has 0 saturated carbocycles. The number of aldehydes is 1. The minimum atomic E-state index is -0.949. The molecule has 1 atom stereocenters. The van der Waals surface area contributed by atoms with E-state index in [2.05, 4.69) is 0 Å².